The highest BCUT2D eigenvalue weighted by molar-refractivity contribution is 7.16. The van der Waals surface area contributed by atoms with E-state index in [0.29, 0.717) is 11.5 Å². The fourth-order valence-electron chi connectivity index (χ4n) is 3.29. The molecule has 2 heterocycles. The van der Waals surface area contributed by atoms with Crippen molar-refractivity contribution >= 4 is 22.4 Å². The van der Waals surface area contributed by atoms with E-state index in [1.807, 2.05) is 0 Å². The fourth-order valence-corrected chi connectivity index (χ4v) is 4.44. The van der Waals surface area contributed by atoms with Crippen molar-refractivity contribution in [3.05, 3.63) is 76.6 Å². The van der Waals surface area contributed by atoms with Gasteiger partial charge in [-0.2, -0.15) is 0 Å². The monoisotopic (exact) mass is 349 g/mol. The number of pyridine rings is 1. The quantitative estimate of drug-likeness (QED) is 0.715. The SMILES string of the molecule is CN(C(=O)c1ccncc1)c1nc2c(s1)CC(c1ccccc1)CC2. The third kappa shape index (κ3) is 3.20. The number of amides is 1. The van der Waals surface area contributed by atoms with Gasteiger partial charge in [0, 0.05) is 29.9 Å². The Balaban J connectivity index is 1.55. The number of aryl methyl sites for hydroxylation is 1. The van der Waals surface area contributed by atoms with Crippen molar-refractivity contribution in [3.8, 4) is 0 Å². The van der Waals surface area contributed by atoms with Gasteiger partial charge in [0.05, 0.1) is 5.69 Å². The Morgan fingerprint density at radius 1 is 1.16 bits per heavy atom. The molecule has 4 nitrogen and oxygen atoms in total. The van der Waals surface area contributed by atoms with E-state index in [0.717, 1.165) is 30.1 Å². The number of carbonyl (C=O) groups is 1. The van der Waals surface area contributed by atoms with Crippen LogP contribution in [0.3, 0.4) is 0 Å². The minimum atomic E-state index is -0.0480. The molecule has 4 rings (SSSR count). The van der Waals surface area contributed by atoms with Gasteiger partial charge in [0.2, 0.25) is 0 Å². The second-order valence-corrected chi connectivity index (χ2v) is 7.38. The summed E-state index contributed by atoms with van der Waals surface area (Å²) in [6.07, 6.45) is 6.37. The number of hydrogen-bond acceptors (Lipinski definition) is 4. The van der Waals surface area contributed by atoms with Gasteiger partial charge < -0.3 is 0 Å². The van der Waals surface area contributed by atoms with Crippen molar-refractivity contribution in [1.29, 1.82) is 0 Å². The lowest BCUT2D eigenvalue weighted by Gasteiger charge is -2.21. The zero-order chi connectivity index (χ0) is 17.2. The Morgan fingerprint density at radius 3 is 2.68 bits per heavy atom. The van der Waals surface area contributed by atoms with Crippen LogP contribution in [0.1, 0.15) is 38.8 Å². The summed E-state index contributed by atoms with van der Waals surface area (Å²) in [6, 6.07) is 14.1. The molecule has 0 saturated carbocycles. The summed E-state index contributed by atoms with van der Waals surface area (Å²) in [6.45, 7) is 0. The molecule has 5 heteroatoms. The van der Waals surface area contributed by atoms with Crippen LogP contribution in [0.15, 0.2) is 54.9 Å². The Kier molecular flexibility index (Phi) is 4.32. The third-order valence-corrected chi connectivity index (χ3v) is 5.91. The summed E-state index contributed by atoms with van der Waals surface area (Å²) >= 11 is 1.64. The van der Waals surface area contributed by atoms with Crippen LogP contribution in [0, 0.1) is 0 Å². The van der Waals surface area contributed by atoms with E-state index in [2.05, 4.69) is 35.3 Å². The Hall–Kier alpha value is -2.53. The van der Waals surface area contributed by atoms with Gasteiger partial charge in [-0.25, -0.2) is 4.98 Å². The molecule has 0 saturated heterocycles. The van der Waals surface area contributed by atoms with Crippen LogP contribution in [0.2, 0.25) is 0 Å². The average molecular weight is 349 g/mol. The number of anilines is 1. The van der Waals surface area contributed by atoms with Crippen molar-refractivity contribution in [2.75, 3.05) is 11.9 Å². The van der Waals surface area contributed by atoms with Crippen LogP contribution in [0.5, 0.6) is 0 Å². The first kappa shape index (κ1) is 16.0. The highest BCUT2D eigenvalue weighted by Crippen LogP contribution is 2.37. The highest BCUT2D eigenvalue weighted by atomic mass is 32.1. The Labute approximate surface area is 151 Å². The number of hydrogen-bond donors (Lipinski definition) is 0. The summed E-state index contributed by atoms with van der Waals surface area (Å²) in [7, 11) is 1.79. The number of benzene rings is 1. The summed E-state index contributed by atoms with van der Waals surface area (Å²) in [4.78, 5) is 24.3. The first-order valence-corrected chi connectivity index (χ1v) is 9.25. The Morgan fingerprint density at radius 2 is 1.92 bits per heavy atom. The zero-order valence-electron chi connectivity index (χ0n) is 14.1. The molecule has 25 heavy (non-hydrogen) atoms. The lowest BCUT2D eigenvalue weighted by atomic mass is 9.85. The smallest absolute Gasteiger partial charge is 0.259 e. The number of aromatic nitrogens is 2. The molecule has 2 aromatic heterocycles. The van der Waals surface area contributed by atoms with Gasteiger partial charge in [-0.3, -0.25) is 14.7 Å². The zero-order valence-corrected chi connectivity index (χ0v) is 14.9. The molecular formula is C20H19N3OS. The topological polar surface area (TPSA) is 46.1 Å². The van der Waals surface area contributed by atoms with Crippen LogP contribution in [-0.2, 0) is 12.8 Å². The molecule has 1 unspecified atom stereocenters. The first-order chi connectivity index (χ1) is 12.2. The summed E-state index contributed by atoms with van der Waals surface area (Å²) in [5.41, 5.74) is 3.18. The van der Waals surface area contributed by atoms with Crippen LogP contribution < -0.4 is 4.90 Å². The van der Waals surface area contributed by atoms with E-state index in [1.165, 1.54) is 10.4 Å². The second kappa shape index (κ2) is 6.76. The van der Waals surface area contributed by atoms with E-state index >= 15 is 0 Å². The third-order valence-electron chi connectivity index (χ3n) is 4.72. The fraction of sp³-hybridized carbons (Fsp3) is 0.250. The molecule has 3 aromatic rings. The molecule has 0 aliphatic heterocycles. The van der Waals surface area contributed by atoms with Crippen LogP contribution in [0.4, 0.5) is 5.13 Å². The predicted molar refractivity (Wildman–Crippen MR) is 100 cm³/mol. The molecule has 1 aliphatic carbocycles. The molecule has 0 bridgehead atoms. The molecule has 1 aliphatic rings. The van der Waals surface area contributed by atoms with Crippen LogP contribution in [-0.4, -0.2) is 22.9 Å². The van der Waals surface area contributed by atoms with Crippen molar-refractivity contribution in [3.63, 3.8) is 0 Å². The van der Waals surface area contributed by atoms with Gasteiger partial charge in [0.1, 0.15) is 0 Å². The lowest BCUT2D eigenvalue weighted by molar-refractivity contribution is 0.0993. The number of rotatable bonds is 3. The van der Waals surface area contributed by atoms with Gasteiger partial charge in [-0.15, -0.1) is 11.3 Å². The van der Waals surface area contributed by atoms with E-state index in [-0.39, 0.29) is 5.91 Å². The van der Waals surface area contributed by atoms with Crippen molar-refractivity contribution in [2.24, 2.45) is 0 Å². The predicted octanol–water partition coefficient (Wildman–Crippen LogP) is 4.09. The molecule has 0 radical (unpaired) electrons. The van der Waals surface area contributed by atoms with Gasteiger partial charge in [-0.1, -0.05) is 30.3 Å². The van der Waals surface area contributed by atoms with Crippen LogP contribution in [0.25, 0.3) is 0 Å². The van der Waals surface area contributed by atoms with Crippen molar-refractivity contribution in [2.45, 2.75) is 25.2 Å². The van der Waals surface area contributed by atoms with Gasteiger partial charge in [-0.05, 0) is 42.9 Å². The van der Waals surface area contributed by atoms with Crippen molar-refractivity contribution < 1.29 is 4.79 Å². The van der Waals surface area contributed by atoms with Gasteiger partial charge >= 0.3 is 0 Å². The second-order valence-electron chi connectivity index (χ2n) is 6.32. The molecule has 1 amide bonds. The maximum absolute atomic E-state index is 12.6. The molecular weight excluding hydrogens is 330 g/mol. The lowest BCUT2D eigenvalue weighted by Crippen LogP contribution is -2.26. The molecule has 126 valence electrons. The van der Waals surface area contributed by atoms with E-state index in [9.17, 15) is 4.79 Å². The van der Waals surface area contributed by atoms with Crippen LogP contribution >= 0.6 is 11.3 Å². The number of thiazole rings is 1. The van der Waals surface area contributed by atoms with Gasteiger partial charge in [0.15, 0.2) is 5.13 Å². The number of nitrogens with zero attached hydrogens (tertiary/aromatic N) is 3. The summed E-state index contributed by atoms with van der Waals surface area (Å²) in [5, 5.41) is 0.778. The molecule has 0 N–H and O–H groups in total. The molecule has 1 atom stereocenters. The molecule has 1 aromatic carbocycles. The number of fused-ring (bicyclic) bond motifs is 1. The highest BCUT2D eigenvalue weighted by Gasteiger charge is 2.26. The minimum Gasteiger partial charge on any atom is -0.287 e. The van der Waals surface area contributed by atoms with Crippen molar-refractivity contribution in [1.82, 2.24) is 9.97 Å². The minimum absolute atomic E-state index is 0.0480. The average Bonchev–Trinajstić information content (AvgIpc) is 3.11. The molecule has 0 fully saturated rings. The Bertz CT molecular complexity index is 876. The standard InChI is InChI=1S/C20H19N3OS/c1-23(19(24)15-9-11-21-12-10-15)20-22-17-8-7-16(13-18(17)25-20)14-5-3-2-4-6-14/h2-6,9-12,16H,7-8,13H2,1H3. The van der Waals surface area contributed by atoms with E-state index in [4.69, 9.17) is 4.98 Å². The summed E-state index contributed by atoms with van der Waals surface area (Å²) < 4.78 is 0. The number of carbonyl (C=O) groups excluding carboxylic acids is 1. The van der Waals surface area contributed by atoms with E-state index in [1.54, 1.807) is 47.8 Å². The first-order valence-electron chi connectivity index (χ1n) is 8.44. The maximum Gasteiger partial charge on any atom is 0.259 e. The largest absolute Gasteiger partial charge is 0.287 e. The summed E-state index contributed by atoms with van der Waals surface area (Å²) in [5.74, 6) is 0.497. The maximum atomic E-state index is 12.6. The normalized spacial score (nSPS) is 16.3. The van der Waals surface area contributed by atoms with E-state index < -0.39 is 0 Å². The molecule has 0 spiro atoms. The van der Waals surface area contributed by atoms with Gasteiger partial charge in [0.25, 0.3) is 5.91 Å².